The van der Waals surface area contributed by atoms with Gasteiger partial charge in [0.05, 0.1) is 6.16 Å². The Hall–Kier alpha value is 0.0600. The van der Waals surface area contributed by atoms with Crippen LogP contribution in [0.15, 0.2) is 0 Å². The summed E-state index contributed by atoms with van der Waals surface area (Å²) in [7, 11) is -1.66. The van der Waals surface area contributed by atoms with Gasteiger partial charge in [-0.15, -0.1) is 0 Å². The van der Waals surface area contributed by atoms with Crippen molar-refractivity contribution in [2.45, 2.75) is 25.7 Å². The summed E-state index contributed by atoms with van der Waals surface area (Å²) in [6.45, 7) is 2.49. The fourth-order valence-electron chi connectivity index (χ4n) is 1.48. The monoisotopic (exact) mass is 297 g/mol. The summed E-state index contributed by atoms with van der Waals surface area (Å²) >= 11 is 5.30. The molecule has 0 bridgehead atoms. The van der Waals surface area contributed by atoms with Gasteiger partial charge in [0.15, 0.2) is 11.0 Å². The molecule has 1 saturated heterocycles. The second-order valence-electron chi connectivity index (χ2n) is 3.38. The number of rotatable bonds is 5. The Balaban J connectivity index is 3.11. The van der Waals surface area contributed by atoms with Crippen molar-refractivity contribution >= 4 is 41.2 Å². The first-order valence-corrected chi connectivity index (χ1v) is 9.05. The molecule has 1 N–H and O–H groups in total. The van der Waals surface area contributed by atoms with E-state index >= 15 is 0 Å². The number of aliphatic hydroxyl groups excluding tert-OH is 1. The number of amides is 1. The van der Waals surface area contributed by atoms with E-state index in [1.54, 1.807) is 6.92 Å². The normalized spacial score (nSPS) is 27.8. The highest BCUT2D eigenvalue weighted by Gasteiger charge is 2.47. The predicted molar refractivity (Wildman–Crippen MR) is 71.9 cm³/mol. The van der Waals surface area contributed by atoms with Crippen LogP contribution >= 0.6 is 6.75 Å². The average Bonchev–Trinajstić information content (AvgIpc) is 2.52. The number of aliphatic hydroxyl groups is 1. The van der Waals surface area contributed by atoms with Crippen molar-refractivity contribution < 1.29 is 18.8 Å². The Kier molecular flexibility index (Phi) is 6.09. The Morgan fingerprint density at radius 1 is 1.59 bits per heavy atom. The molecule has 1 aliphatic rings. The van der Waals surface area contributed by atoms with Gasteiger partial charge in [-0.2, -0.15) is 0 Å². The molecule has 8 heteroatoms. The maximum absolute atomic E-state index is 12.0. The first-order valence-electron chi connectivity index (χ1n) is 5.34. The molecule has 1 amide bonds. The van der Waals surface area contributed by atoms with Gasteiger partial charge < -0.3 is 22.1 Å². The zero-order valence-corrected chi connectivity index (χ0v) is 12.3. The molecular formula is C9H16NO4PS2. The average molecular weight is 297 g/mol. The Bertz CT molecular complexity index is 361. The third-order valence-electron chi connectivity index (χ3n) is 2.21. The lowest BCUT2D eigenvalue weighted by atomic mass is 10.4. The minimum atomic E-state index is -1.66. The molecule has 1 fully saturated rings. The molecule has 98 valence electrons. The van der Waals surface area contributed by atoms with Gasteiger partial charge in [-0.05, 0) is 20.1 Å². The van der Waals surface area contributed by atoms with Crippen molar-refractivity contribution in [3.63, 3.8) is 0 Å². The first kappa shape index (κ1) is 15.1. The van der Waals surface area contributed by atoms with Crippen molar-refractivity contribution in [3.05, 3.63) is 0 Å². The van der Waals surface area contributed by atoms with Crippen LogP contribution in [0, 0.1) is 0 Å². The highest BCUT2D eigenvalue weighted by Crippen LogP contribution is 2.31. The Labute approximate surface area is 110 Å². The number of hydrogen-bond acceptors (Lipinski definition) is 5. The molecule has 0 aromatic rings. The molecule has 17 heavy (non-hydrogen) atoms. The minimum Gasteiger partial charge on any atom is -0.492 e. The number of hydrogen-bond donors (Lipinski definition) is 1. The molecule has 0 spiro atoms. The molecule has 0 aromatic carbocycles. The van der Waals surface area contributed by atoms with Crippen LogP contribution in [0.5, 0.6) is 0 Å². The van der Waals surface area contributed by atoms with Crippen molar-refractivity contribution in [1.29, 1.82) is 0 Å². The number of nitrogens with zero attached hydrogens (tertiary/aromatic N) is 1. The smallest absolute Gasteiger partial charge is 0.307 e. The van der Waals surface area contributed by atoms with Gasteiger partial charge in [-0.25, -0.2) is 8.51 Å². The molecule has 0 saturated carbocycles. The quantitative estimate of drug-likeness (QED) is 0.585. The Morgan fingerprint density at radius 3 is 2.71 bits per heavy atom. The molecule has 1 rings (SSSR count). The summed E-state index contributed by atoms with van der Waals surface area (Å²) in [6, 6.07) is 0. The number of carbonyl (C=O) groups excluding carboxylic acids is 1. The maximum Gasteiger partial charge on any atom is 0.307 e. The van der Waals surface area contributed by atoms with Gasteiger partial charge >= 0.3 is 5.91 Å². The molecule has 0 radical (unpaired) electrons. The van der Waals surface area contributed by atoms with E-state index in [-0.39, 0.29) is 0 Å². The minimum absolute atomic E-state index is 0.358. The topological polar surface area (TPSA) is 66.8 Å². The van der Waals surface area contributed by atoms with Gasteiger partial charge in [0.1, 0.15) is 6.73 Å². The van der Waals surface area contributed by atoms with Crippen LogP contribution in [-0.2, 0) is 32.8 Å². The molecule has 5 nitrogen and oxygen atoms in total. The summed E-state index contributed by atoms with van der Waals surface area (Å²) in [5, 5.41) is 9.45. The van der Waals surface area contributed by atoms with Crippen molar-refractivity contribution in [2.75, 3.05) is 19.5 Å². The molecule has 1 heterocycles. The SMILES string of the molecule is CCC[P+]([S-])=C1C(=O)N(CO)S(=O)C1OCC. The fourth-order valence-corrected chi connectivity index (χ4v) is 5.91. The zero-order valence-electron chi connectivity index (χ0n) is 9.79. The van der Waals surface area contributed by atoms with E-state index in [1.807, 2.05) is 6.92 Å². The maximum atomic E-state index is 12.0. The van der Waals surface area contributed by atoms with Crippen molar-refractivity contribution in [2.24, 2.45) is 0 Å². The first-order chi connectivity index (χ1) is 8.08. The summed E-state index contributed by atoms with van der Waals surface area (Å²) in [4.78, 5) is 12.0. The molecule has 1 aliphatic heterocycles. The van der Waals surface area contributed by atoms with Crippen molar-refractivity contribution in [1.82, 2.24) is 4.31 Å². The summed E-state index contributed by atoms with van der Waals surface area (Å²) in [5.41, 5.74) is -0.769. The lowest BCUT2D eigenvalue weighted by Crippen LogP contribution is -2.28. The highest BCUT2D eigenvalue weighted by molar-refractivity contribution is 8.33. The third-order valence-corrected chi connectivity index (χ3v) is 6.79. The predicted octanol–water partition coefficient (Wildman–Crippen LogP) is 0.331. The summed E-state index contributed by atoms with van der Waals surface area (Å²) < 4.78 is 18.2. The van der Waals surface area contributed by atoms with E-state index in [0.717, 1.165) is 16.9 Å². The van der Waals surface area contributed by atoms with Crippen LogP contribution in [0.1, 0.15) is 20.3 Å². The van der Waals surface area contributed by atoms with E-state index < -0.39 is 35.8 Å². The van der Waals surface area contributed by atoms with Gasteiger partial charge in [-0.1, -0.05) is 6.92 Å². The largest absolute Gasteiger partial charge is 0.492 e. The third kappa shape index (κ3) is 3.09. The molecule has 3 atom stereocenters. The van der Waals surface area contributed by atoms with Crippen LogP contribution in [0.2, 0.25) is 0 Å². The number of ether oxygens (including phenoxy) is 1. The second-order valence-corrected chi connectivity index (χ2v) is 7.81. The van der Waals surface area contributed by atoms with E-state index in [0.29, 0.717) is 11.9 Å². The van der Waals surface area contributed by atoms with E-state index in [9.17, 15) is 9.00 Å². The molecule has 3 unspecified atom stereocenters. The van der Waals surface area contributed by atoms with Crippen LogP contribution in [0.3, 0.4) is 0 Å². The Morgan fingerprint density at radius 2 is 2.24 bits per heavy atom. The zero-order chi connectivity index (χ0) is 13.0. The van der Waals surface area contributed by atoms with Crippen LogP contribution < -0.4 is 0 Å². The van der Waals surface area contributed by atoms with E-state index in [1.165, 1.54) is 0 Å². The number of carbonyl (C=O) groups is 1. The summed E-state index contributed by atoms with van der Waals surface area (Å²) in [6.07, 6.45) is 1.60. The fraction of sp³-hybridized carbons (Fsp3) is 0.778. The van der Waals surface area contributed by atoms with Gasteiger partial charge in [0.2, 0.25) is 10.7 Å². The van der Waals surface area contributed by atoms with Crippen LogP contribution in [0.4, 0.5) is 0 Å². The van der Waals surface area contributed by atoms with E-state index in [4.69, 9.17) is 22.1 Å². The van der Waals surface area contributed by atoms with Crippen molar-refractivity contribution in [3.8, 4) is 0 Å². The lowest BCUT2D eigenvalue weighted by Gasteiger charge is -2.10. The van der Waals surface area contributed by atoms with Crippen LogP contribution in [0.25, 0.3) is 0 Å². The van der Waals surface area contributed by atoms with Gasteiger partial charge in [0, 0.05) is 6.61 Å². The lowest BCUT2D eigenvalue weighted by molar-refractivity contribution is -0.121. The second kappa shape index (κ2) is 6.85. The molecule has 0 aromatic heterocycles. The van der Waals surface area contributed by atoms with Crippen LogP contribution in [-0.4, -0.2) is 49.8 Å². The van der Waals surface area contributed by atoms with Gasteiger partial charge in [-0.3, -0.25) is 4.79 Å². The van der Waals surface area contributed by atoms with Gasteiger partial charge in [0.25, 0.3) is 0 Å². The standard InChI is InChI=1S/C9H16NO4PS2/c1-3-5-15(16)7-8(12)10(6-11)17(13)9(7)14-4-2/h9,11H,3-6H2,1-2H3. The molecule has 0 aliphatic carbocycles. The molecular weight excluding hydrogens is 281 g/mol. The summed E-state index contributed by atoms with van der Waals surface area (Å²) in [5.74, 6) is -0.418. The van der Waals surface area contributed by atoms with E-state index in [2.05, 4.69) is 0 Å². The highest BCUT2D eigenvalue weighted by atomic mass is 32.7.